The topological polar surface area (TPSA) is 162 Å². The Bertz CT molecular complexity index is 1730. The first-order chi connectivity index (χ1) is 19.0. The van der Waals surface area contributed by atoms with Gasteiger partial charge in [-0.3, -0.25) is 0 Å². The maximum Gasteiger partial charge on any atom is 0.412 e. The van der Waals surface area contributed by atoms with Crippen molar-refractivity contribution in [2.45, 2.75) is 6.61 Å². The minimum atomic E-state index is -3.90. The number of methoxy groups -OCH3 is 1. The number of primary amides is 1. The second kappa shape index (κ2) is 11.4. The molecule has 40 heavy (non-hydrogen) atoms. The van der Waals surface area contributed by atoms with Crippen LogP contribution in [0.25, 0.3) is 22.3 Å². The van der Waals surface area contributed by atoms with E-state index in [1.165, 1.54) is 31.4 Å². The van der Waals surface area contributed by atoms with Crippen LogP contribution in [0.15, 0.2) is 65.1 Å². The standard InChI is InChI=1S/C27H22FN3O8S/c1-36-15-31(40(2,34)35)21-12-22-20(11-23(21)37-14-17-5-3-16(13-29)4-6-17)24(26(32)39-27(30)33)25(38-22)18-7-9-19(28)10-8-18/h3-12H,14-15H2,1-2H3,(H2,30,33). The maximum atomic E-state index is 13.6. The molecule has 1 heterocycles. The van der Waals surface area contributed by atoms with Crippen molar-refractivity contribution in [2.75, 3.05) is 24.4 Å². The van der Waals surface area contributed by atoms with E-state index in [2.05, 4.69) is 4.74 Å². The number of fused-ring (bicyclic) bond motifs is 1. The lowest BCUT2D eigenvalue weighted by atomic mass is 10.0. The molecular formula is C27H22FN3O8S. The van der Waals surface area contributed by atoms with Crippen LogP contribution in [-0.2, 0) is 26.1 Å². The van der Waals surface area contributed by atoms with Crippen molar-refractivity contribution in [2.24, 2.45) is 5.73 Å². The van der Waals surface area contributed by atoms with Gasteiger partial charge < -0.3 is 24.4 Å². The fourth-order valence-corrected chi connectivity index (χ4v) is 4.67. The number of hydrogen-bond donors (Lipinski definition) is 1. The highest BCUT2D eigenvalue weighted by Crippen LogP contribution is 2.41. The normalized spacial score (nSPS) is 11.2. The number of nitrogens with zero attached hydrogens (tertiary/aromatic N) is 2. The van der Waals surface area contributed by atoms with Crippen LogP contribution in [-0.4, -0.2) is 40.6 Å². The van der Waals surface area contributed by atoms with Crippen LogP contribution >= 0.6 is 0 Å². The van der Waals surface area contributed by atoms with Gasteiger partial charge in [0.1, 0.15) is 41.8 Å². The van der Waals surface area contributed by atoms with Gasteiger partial charge in [0.25, 0.3) is 0 Å². The van der Waals surface area contributed by atoms with Crippen molar-refractivity contribution < 1.29 is 41.0 Å². The van der Waals surface area contributed by atoms with E-state index < -0.39 is 27.9 Å². The zero-order valence-corrected chi connectivity index (χ0v) is 22.0. The van der Waals surface area contributed by atoms with Crippen LogP contribution in [0.1, 0.15) is 21.5 Å². The quantitative estimate of drug-likeness (QED) is 0.177. The van der Waals surface area contributed by atoms with Crippen molar-refractivity contribution in [3.05, 3.63) is 83.2 Å². The molecule has 4 aromatic rings. The Labute approximate surface area is 228 Å². The van der Waals surface area contributed by atoms with Crippen molar-refractivity contribution in [3.63, 3.8) is 0 Å². The van der Waals surface area contributed by atoms with E-state index >= 15 is 0 Å². The Morgan fingerprint density at radius 3 is 2.35 bits per heavy atom. The Balaban J connectivity index is 1.94. The Kier molecular flexibility index (Phi) is 8.03. The minimum absolute atomic E-state index is 0.0129. The van der Waals surface area contributed by atoms with E-state index in [1.807, 2.05) is 6.07 Å². The van der Waals surface area contributed by atoms with Gasteiger partial charge in [-0.2, -0.15) is 5.26 Å². The average Bonchev–Trinajstić information content (AvgIpc) is 3.28. The molecule has 2 N–H and O–H groups in total. The van der Waals surface area contributed by atoms with Crippen LogP contribution in [0.2, 0.25) is 0 Å². The fourth-order valence-electron chi connectivity index (χ4n) is 3.87. The van der Waals surface area contributed by atoms with E-state index in [9.17, 15) is 22.4 Å². The molecule has 0 spiro atoms. The highest BCUT2D eigenvalue weighted by molar-refractivity contribution is 7.92. The first kappa shape index (κ1) is 28.1. The Morgan fingerprint density at radius 1 is 1.10 bits per heavy atom. The third-order valence-corrected chi connectivity index (χ3v) is 6.77. The van der Waals surface area contributed by atoms with Crippen molar-refractivity contribution >= 4 is 38.7 Å². The molecule has 3 aromatic carbocycles. The van der Waals surface area contributed by atoms with Crippen LogP contribution in [0.4, 0.5) is 14.9 Å². The molecule has 0 unspecified atom stereocenters. The van der Waals surface area contributed by atoms with Gasteiger partial charge >= 0.3 is 12.1 Å². The summed E-state index contributed by atoms with van der Waals surface area (Å²) in [7, 11) is -2.59. The third-order valence-electron chi connectivity index (χ3n) is 5.67. The van der Waals surface area contributed by atoms with Crippen LogP contribution < -0.4 is 14.8 Å². The van der Waals surface area contributed by atoms with E-state index in [-0.39, 0.29) is 52.6 Å². The number of nitriles is 1. The lowest BCUT2D eigenvalue weighted by molar-refractivity contribution is 0.0640. The molecule has 0 saturated carbocycles. The third kappa shape index (κ3) is 6.04. The molecule has 0 bridgehead atoms. The zero-order valence-electron chi connectivity index (χ0n) is 21.2. The number of carbonyl (C=O) groups is 2. The molecular weight excluding hydrogens is 545 g/mol. The number of benzene rings is 3. The molecule has 1 aromatic heterocycles. The summed E-state index contributed by atoms with van der Waals surface area (Å²) in [5.41, 5.74) is 6.28. The number of rotatable bonds is 9. The minimum Gasteiger partial charge on any atom is -0.487 e. The monoisotopic (exact) mass is 567 g/mol. The Morgan fingerprint density at radius 2 is 1.77 bits per heavy atom. The second-order valence-corrected chi connectivity index (χ2v) is 10.4. The highest BCUT2D eigenvalue weighted by Gasteiger charge is 2.29. The van der Waals surface area contributed by atoms with Gasteiger partial charge in [0.2, 0.25) is 10.0 Å². The van der Waals surface area contributed by atoms with Gasteiger partial charge in [0.15, 0.2) is 0 Å². The highest BCUT2D eigenvalue weighted by atomic mass is 32.2. The Hall–Kier alpha value is -4.93. The summed E-state index contributed by atoms with van der Waals surface area (Å²) >= 11 is 0. The molecule has 11 nitrogen and oxygen atoms in total. The largest absolute Gasteiger partial charge is 0.487 e. The SMILES string of the molecule is COCN(c1cc2oc(-c3ccc(F)cc3)c(C(=O)OC(N)=O)c2cc1OCc1ccc(C#N)cc1)S(C)(=O)=O. The lowest BCUT2D eigenvalue weighted by Gasteiger charge is -2.24. The molecule has 206 valence electrons. The summed E-state index contributed by atoms with van der Waals surface area (Å²) in [4.78, 5) is 24.4. The molecule has 0 atom stereocenters. The number of ether oxygens (including phenoxy) is 3. The number of sulfonamides is 1. The maximum absolute atomic E-state index is 13.6. The smallest absolute Gasteiger partial charge is 0.412 e. The van der Waals surface area contributed by atoms with E-state index in [0.29, 0.717) is 11.1 Å². The fraction of sp³-hybridized carbons (Fsp3) is 0.148. The molecule has 0 aliphatic heterocycles. The number of anilines is 1. The summed E-state index contributed by atoms with van der Waals surface area (Å²) in [6, 6.07) is 16.2. The van der Waals surface area contributed by atoms with Crippen LogP contribution in [0.3, 0.4) is 0 Å². The average molecular weight is 568 g/mol. The van der Waals surface area contributed by atoms with Gasteiger partial charge in [-0.05, 0) is 48.0 Å². The second-order valence-electron chi connectivity index (χ2n) is 8.46. The van der Waals surface area contributed by atoms with Gasteiger partial charge in [-0.25, -0.2) is 26.7 Å². The van der Waals surface area contributed by atoms with E-state index in [0.717, 1.165) is 22.7 Å². The van der Waals surface area contributed by atoms with Crippen molar-refractivity contribution in [1.29, 1.82) is 5.26 Å². The summed E-state index contributed by atoms with van der Waals surface area (Å²) in [5, 5.41) is 9.14. The lowest BCUT2D eigenvalue weighted by Crippen LogP contribution is -2.32. The molecule has 1 amide bonds. The summed E-state index contributed by atoms with van der Waals surface area (Å²) in [5.74, 6) is -1.74. The molecule has 0 radical (unpaired) electrons. The zero-order chi connectivity index (χ0) is 29.0. The summed E-state index contributed by atoms with van der Waals surface area (Å²) in [6.45, 7) is -0.418. The molecule has 13 heteroatoms. The van der Waals surface area contributed by atoms with Crippen LogP contribution in [0, 0.1) is 17.1 Å². The number of amides is 1. The number of esters is 1. The van der Waals surface area contributed by atoms with Crippen LogP contribution in [0.5, 0.6) is 5.75 Å². The molecule has 0 fully saturated rings. The van der Waals surface area contributed by atoms with E-state index in [4.69, 9.17) is 24.9 Å². The first-order valence-electron chi connectivity index (χ1n) is 11.5. The molecule has 0 saturated heterocycles. The predicted octanol–water partition coefficient (Wildman–Crippen LogP) is 4.29. The summed E-state index contributed by atoms with van der Waals surface area (Å²) in [6.07, 6.45) is -0.385. The summed E-state index contributed by atoms with van der Waals surface area (Å²) < 4.78 is 61.5. The molecule has 0 aliphatic rings. The van der Waals surface area contributed by atoms with E-state index in [1.54, 1.807) is 24.3 Å². The van der Waals surface area contributed by atoms with Gasteiger partial charge in [-0.15, -0.1) is 0 Å². The number of halogens is 1. The number of furan rings is 1. The molecule has 0 aliphatic carbocycles. The number of carbonyl (C=O) groups excluding carboxylic acids is 2. The van der Waals surface area contributed by atoms with Gasteiger partial charge in [0, 0.05) is 24.1 Å². The molecule has 4 rings (SSSR count). The number of hydrogen-bond acceptors (Lipinski definition) is 9. The van der Waals surface area contributed by atoms with Crippen molar-refractivity contribution in [1.82, 2.24) is 0 Å². The van der Waals surface area contributed by atoms with Gasteiger partial charge in [0.05, 0.1) is 23.6 Å². The first-order valence-corrected chi connectivity index (χ1v) is 13.3. The number of nitrogens with two attached hydrogens (primary N) is 1. The van der Waals surface area contributed by atoms with Gasteiger partial charge in [-0.1, -0.05) is 12.1 Å². The predicted molar refractivity (Wildman–Crippen MR) is 141 cm³/mol. The van der Waals surface area contributed by atoms with Crippen molar-refractivity contribution in [3.8, 4) is 23.1 Å².